The number of phenols is 1. The first-order valence-electron chi connectivity index (χ1n) is 6.40. The number of ether oxygens (including phenoxy) is 1. The van der Waals surface area contributed by atoms with Crippen LogP contribution in [0.1, 0.15) is 18.1 Å². The molecule has 114 valence electrons. The van der Waals surface area contributed by atoms with Crippen molar-refractivity contribution in [3.63, 3.8) is 0 Å². The summed E-state index contributed by atoms with van der Waals surface area (Å²) in [6, 6.07) is 11.6. The summed E-state index contributed by atoms with van der Waals surface area (Å²) in [5, 5.41) is 14.5. The highest BCUT2D eigenvalue weighted by Gasteiger charge is 2.14. The Morgan fingerprint density at radius 2 is 1.86 bits per heavy atom. The number of rotatable bonds is 4. The highest BCUT2D eigenvalue weighted by atomic mass is 35.5. The van der Waals surface area contributed by atoms with Crippen LogP contribution in [0.2, 0.25) is 5.02 Å². The Morgan fingerprint density at radius 1 is 1.18 bits per heavy atom. The molecule has 6 heteroatoms. The number of oxime groups is 1. The maximum Gasteiger partial charge on any atom is 0.332 e. The summed E-state index contributed by atoms with van der Waals surface area (Å²) >= 11 is 5.87. The summed E-state index contributed by atoms with van der Waals surface area (Å²) < 4.78 is 5.05. The van der Waals surface area contributed by atoms with Gasteiger partial charge in [-0.1, -0.05) is 28.9 Å². The number of hydrogen-bond donors (Lipinski definition) is 1. The first kappa shape index (κ1) is 15.9. The molecule has 0 aliphatic heterocycles. The lowest BCUT2D eigenvalue weighted by Gasteiger charge is -2.10. The molecule has 0 atom stereocenters. The monoisotopic (exact) mass is 319 g/mol. The van der Waals surface area contributed by atoms with Crippen LogP contribution < -0.4 is 4.74 Å². The van der Waals surface area contributed by atoms with Crippen LogP contribution in [0.15, 0.2) is 47.6 Å². The van der Waals surface area contributed by atoms with Gasteiger partial charge in [0.1, 0.15) is 17.2 Å². The van der Waals surface area contributed by atoms with Crippen LogP contribution >= 0.6 is 11.6 Å². The summed E-state index contributed by atoms with van der Waals surface area (Å²) in [6.45, 7) is 1.25. The van der Waals surface area contributed by atoms with E-state index in [1.165, 1.54) is 20.1 Å². The smallest absolute Gasteiger partial charge is 0.332 e. The maximum atomic E-state index is 11.0. The fourth-order valence-corrected chi connectivity index (χ4v) is 1.94. The van der Waals surface area contributed by atoms with E-state index in [2.05, 4.69) is 5.16 Å². The summed E-state index contributed by atoms with van der Waals surface area (Å²) in [6.07, 6.45) is 0. The van der Waals surface area contributed by atoms with Crippen molar-refractivity contribution in [2.45, 2.75) is 6.92 Å². The molecular weight excluding hydrogens is 306 g/mol. The van der Waals surface area contributed by atoms with E-state index in [1.54, 1.807) is 36.4 Å². The number of carbonyl (C=O) groups is 1. The van der Waals surface area contributed by atoms with Crippen LogP contribution in [-0.4, -0.2) is 23.9 Å². The molecule has 0 amide bonds. The Balaban J connectivity index is 2.51. The van der Waals surface area contributed by atoms with E-state index in [1.807, 2.05) is 0 Å². The largest absolute Gasteiger partial charge is 0.507 e. The van der Waals surface area contributed by atoms with E-state index in [4.69, 9.17) is 21.2 Å². The van der Waals surface area contributed by atoms with Crippen molar-refractivity contribution in [1.82, 2.24) is 0 Å². The average Bonchev–Trinajstić information content (AvgIpc) is 2.50. The molecule has 2 rings (SSSR count). The molecule has 0 aliphatic rings. The van der Waals surface area contributed by atoms with E-state index >= 15 is 0 Å². The van der Waals surface area contributed by atoms with Crippen LogP contribution in [0.4, 0.5) is 0 Å². The molecule has 0 saturated carbocycles. The molecule has 0 bridgehead atoms. The zero-order valence-electron chi connectivity index (χ0n) is 12.0. The van der Waals surface area contributed by atoms with E-state index < -0.39 is 5.97 Å². The van der Waals surface area contributed by atoms with Crippen molar-refractivity contribution < 1.29 is 19.5 Å². The van der Waals surface area contributed by atoms with Crippen molar-refractivity contribution in [2.24, 2.45) is 5.16 Å². The molecule has 0 radical (unpaired) electrons. The van der Waals surface area contributed by atoms with Crippen LogP contribution in [0.5, 0.6) is 11.5 Å². The first-order chi connectivity index (χ1) is 10.5. The van der Waals surface area contributed by atoms with Gasteiger partial charge < -0.3 is 14.7 Å². The third kappa shape index (κ3) is 3.77. The molecule has 0 aromatic heterocycles. The number of halogens is 1. The number of phenolic OH excluding ortho intramolecular Hbond substituents is 1. The fraction of sp³-hybridized carbons (Fsp3) is 0.125. The highest BCUT2D eigenvalue weighted by Crippen LogP contribution is 2.26. The number of benzene rings is 2. The van der Waals surface area contributed by atoms with Crippen molar-refractivity contribution >= 4 is 23.3 Å². The lowest BCUT2D eigenvalue weighted by molar-refractivity contribution is -0.140. The number of carbonyl (C=O) groups excluding carboxylic acids is 1. The minimum Gasteiger partial charge on any atom is -0.507 e. The second kappa shape index (κ2) is 6.95. The topological polar surface area (TPSA) is 68.1 Å². The number of hydrogen-bond acceptors (Lipinski definition) is 5. The van der Waals surface area contributed by atoms with Crippen LogP contribution in [-0.2, 0) is 9.63 Å². The highest BCUT2D eigenvalue weighted by molar-refractivity contribution is 6.30. The SMILES string of the molecule is COc1ccc(/C(=N\OC(C)=O)c2ccc(Cl)cc2)c(O)c1. The van der Waals surface area contributed by atoms with E-state index in [-0.39, 0.29) is 5.75 Å². The van der Waals surface area contributed by atoms with E-state index in [9.17, 15) is 9.90 Å². The van der Waals surface area contributed by atoms with Gasteiger partial charge in [-0.15, -0.1) is 0 Å². The lowest BCUT2D eigenvalue weighted by Crippen LogP contribution is -2.06. The van der Waals surface area contributed by atoms with E-state index in [0.29, 0.717) is 27.6 Å². The van der Waals surface area contributed by atoms with Crippen LogP contribution in [0.25, 0.3) is 0 Å². The van der Waals surface area contributed by atoms with Gasteiger partial charge in [-0.25, -0.2) is 4.79 Å². The molecule has 2 aromatic rings. The molecular formula is C16H14ClNO4. The van der Waals surface area contributed by atoms with Gasteiger partial charge in [0.2, 0.25) is 0 Å². The number of nitrogens with zero attached hydrogens (tertiary/aromatic N) is 1. The van der Waals surface area contributed by atoms with Gasteiger partial charge in [-0.2, -0.15) is 0 Å². The molecule has 0 heterocycles. The molecule has 22 heavy (non-hydrogen) atoms. The molecule has 0 aliphatic carbocycles. The normalized spacial score (nSPS) is 11.1. The van der Waals surface area contributed by atoms with Crippen molar-refractivity contribution in [1.29, 1.82) is 0 Å². The third-order valence-corrected chi connectivity index (χ3v) is 3.10. The summed E-state index contributed by atoms with van der Waals surface area (Å²) in [5.41, 5.74) is 1.36. The second-order valence-corrected chi connectivity index (χ2v) is 4.85. The molecule has 2 aromatic carbocycles. The van der Waals surface area contributed by atoms with Gasteiger partial charge in [0, 0.05) is 29.1 Å². The van der Waals surface area contributed by atoms with Crippen molar-refractivity contribution in [2.75, 3.05) is 7.11 Å². The van der Waals surface area contributed by atoms with Gasteiger partial charge in [-0.05, 0) is 24.3 Å². The maximum absolute atomic E-state index is 11.0. The minimum absolute atomic E-state index is 0.0415. The molecule has 0 fully saturated rings. The zero-order valence-corrected chi connectivity index (χ0v) is 12.8. The second-order valence-electron chi connectivity index (χ2n) is 4.41. The molecule has 0 spiro atoms. The van der Waals surface area contributed by atoms with Gasteiger partial charge in [0.05, 0.1) is 7.11 Å². The van der Waals surface area contributed by atoms with Gasteiger partial charge in [0.15, 0.2) is 0 Å². The molecule has 5 nitrogen and oxygen atoms in total. The molecule has 1 N–H and O–H groups in total. The molecule has 0 saturated heterocycles. The summed E-state index contributed by atoms with van der Waals surface area (Å²) in [5.74, 6) is -0.0936. The van der Waals surface area contributed by atoms with Gasteiger partial charge >= 0.3 is 5.97 Å². The van der Waals surface area contributed by atoms with Crippen LogP contribution in [0, 0.1) is 0 Å². The summed E-state index contributed by atoms with van der Waals surface area (Å²) in [4.78, 5) is 15.7. The van der Waals surface area contributed by atoms with Crippen LogP contribution in [0.3, 0.4) is 0 Å². The standard InChI is InChI=1S/C16H14ClNO4/c1-10(19)22-18-16(11-3-5-12(17)6-4-11)14-8-7-13(21-2)9-15(14)20/h3-9,20H,1-2H3/b18-16-. The third-order valence-electron chi connectivity index (χ3n) is 2.84. The van der Waals surface area contributed by atoms with Gasteiger partial charge in [-0.3, -0.25) is 0 Å². The van der Waals surface area contributed by atoms with E-state index in [0.717, 1.165) is 0 Å². The lowest BCUT2D eigenvalue weighted by atomic mass is 10.0. The Morgan fingerprint density at radius 3 is 2.41 bits per heavy atom. The quantitative estimate of drug-likeness (QED) is 0.533. The average molecular weight is 320 g/mol. The molecule has 0 unspecified atom stereocenters. The first-order valence-corrected chi connectivity index (χ1v) is 6.78. The zero-order chi connectivity index (χ0) is 16.1. The van der Waals surface area contributed by atoms with Crippen molar-refractivity contribution in [3.8, 4) is 11.5 Å². The predicted octanol–water partition coefficient (Wildman–Crippen LogP) is 3.37. The number of aromatic hydroxyl groups is 1. The minimum atomic E-state index is -0.556. The summed E-state index contributed by atoms with van der Waals surface area (Å²) in [7, 11) is 1.50. The Labute approximate surface area is 132 Å². The Kier molecular flexibility index (Phi) is 5.01. The van der Waals surface area contributed by atoms with Crippen molar-refractivity contribution in [3.05, 3.63) is 58.6 Å². The predicted molar refractivity (Wildman–Crippen MR) is 83.5 cm³/mol. The fourth-order valence-electron chi connectivity index (χ4n) is 1.81. The Hall–Kier alpha value is -2.53. The number of methoxy groups -OCH3 is 1. The Bertz CT molecular complexity index is 711. The van der Waals surface area contributed by atoms with Gasteiger partial charge in [0.25, 0.3) is 0 Å².